The van der Waals surface area contributed by atoms with Gasteiger partial charge >= 0.3 is 0 Å². The van der Waals surface area contributed by atoms with Gasteiger partial charge in [-0.1, -0.05) is 30.3 Å². The molecule has 0 N–H and O–H groups in total. The van der Waals surface area contributed by atoms with Crippen LogP contribution in [0.4, 0.5) is 0 Å². The molecular weight excluding hydrogens is 386 g/mol. The summed E-state index contributed by atoms with van der Waals surface area (Å²) in [5.41, 5.74) is 5.34. The van der Waals surface area contributed by atoms with E-state index in [9.17, 15) is 0 Å². The van der Waals surface area contributed by atoms with Crippen molar-refractivity contribution in [2.45, 2.75) is 19.3 Å². The first-order chi connectivity index (χ1) is 12.7. The largest absolute Gasteiger partial charge is 0.222 e. The third-order valence-corrected chi connectivity index (χ3v) is 5.28. The second-order valence-corrected chi connectivity index (χ2v) is 8.32. The van der Waals surface area contributed by atoms with Crippen LogP contribution in [0.1, 0.15) is 35.5 Å². The van der Waals surface area contributed by atoms with Crippen LogP contribution in [0.3, 0.4) is 0 Å². The number of thiophene rings is 1. The van der Waals surface area contributed by atoms with E-state index in [-0.39, 0.29) is 5.41 Å². The number of hydrogen-bond acceptors (Lipinski definition) is 5. The third kappa shape index (κ3) is 4.62. The lowest BCUT2D eigenvalue weighted by Crippen LogP contribution is -2.68. The van der Waals surface area contributed by atoms with Gasteiger partial charge in [-0.2, -0.15) is 4.57 Å². The van der Waals surface area contributed by atoms with Gasteiger partial charge in [0.15, 0.2) is 11.9 Å². The van der Waals surface area contributed by atoms with E-state index in [0.29, 0.717) is 0 Å². The molecule has 0 unspecified atom stereocenters. The van der Waals surface area contributed by atoms with Gasteiger partial charge in [0, 0.05) is 28.6 Å². The van der Waals surface area contributed by atoms with Gasteiger partial charge < -0.3 is 0 Å². The van der Waals surface area contributed by atoms with Crippen LogP contribution in [0.15, 0.2) is 60.1 Å². The number of rotatable bonds is 2. The SMILES string of the molecule is CC1(C)c2ccccc2-[n+]2ccc(/C=C/c3cccs3)cc21.[O-][Cl+3]([O-])([O-])[O-]. The summed E-state index contributed by atoms with van der Waals surface area (Å²) in [5.74, 6) is 0. The molecule has 2 aromatic heterocycles. The molecule has 3 aromatic rings. The first-order valence-electron chi connectivity index (χ1n) is 8.16. The molecule has 0 radical (unpaired) electrons. The monoisotopic (exact) mass is 403 g/mol. The van der Waals surface area contributed by atoms with E-state index in [1.807, 2.05) is 0 Å². The zero-order chi connectivity index (χ0) is 19.7. The maximum absolute atomic E-state index is 8.49. The maximum atomic E-state index is 8.49. The normalized spacial score (nSPS) is 14.4. The van der Waals surface area contributed by atoms with E-state index in [4.69, 9.17) is 18.6 Å². The third-order valence-electron chi connectivity index (χ3n) is 4.44. The van der Waals surface area contributed by atoms with Crippen molar-refractivity contribution in [3.63, 3.8) is 0 Å². The zero-order valence-corrected chi connectivity index (χ0v) is 16.4. The van der Waals surface area contributed by atoms with E-state index in [1.54, 1.807) is 11.3 Å². The van der Waals surface area contributed by atoms with Crippen LogP contribution < -0.4 is 23.2 Å². The highest BCUT2D eigenvalue weighted by molar-refractivity contribution is 7.10. The summed E-state index contributed by atoms with van der Waals surface area (Å²) >= 11 is 1.77. The van der Waals surface area contributed by atoms with Crippen LogP contribution in [0.5, 0.6) is 0 Å². The quantitative estimate of drug-likeness (QED) is 0.566. The number of halogens is 1. The molecule has 0 amide bonds. The Morgan fingerprint density at radius 1 is 0.963 bits per heavy atom. The average molecular weight is 404 g/mol. The van der Waals surface area contributed by atoms with Gasteiger partial charge in [0.2, 0.25) is 5.69 Å². The second kappa shape index (κ2) is 7.52. The highest BCUT2D eigenvalue weighted by Crippen LogP contribution is 2.37. The predicted octanol–water partition coefficient (Wildman–Crippen LogP) is 0.0785. The highest BCUT2D eigenvalue weighted by Gasteiger charge is 2.43. The minimum Gasteiger partial charge on any atom is -0.222 e. The minimum absolute atomic E-state index is 0.0450. The Labute approximate surface area is 163 Å². The summed E-state index contributed by atoms with van der Waals surface area (Å²) in [6.45, 7) is 4.61. The van der Waals surface area contributed by atoms with E-state index >= 15 is 0 Å². The van der Waals surface area contributed by atoms with Crippen LogP contribution in [0.2, 0.25) is 0 Å². The highest BCUT2D eigenvalue weighted by atomic mass is 35.7. The van der Waals surface area contributed by atoms with Gasteiger partial charge in [-0.3, -0.25) is 0 Å². The average Bonchev–Trinajstić information content (AvgIpc) is 3.18. The molecule has 0 spiro atoms. The molecular formula is C20H18ClNO4S. The number of hydrogen-bond donors (Lipinski definition) is 0. The van der Waals surface area contributed by atoms with Crippen LogP contribution in [-0.4, -0.2) is 0 Å². The molecule has 0 saturated carbocycles. The van der Waals surface area contributed by atoms with E-state index < -0.39 is 10.2 Å². The molecule has 1 aliphatic heterocycles. The van der Waals surface area contributed by atoms with Crippen molar-refractivity contribution in [1.82, 2.24) is 0 Å². The second-order valence-electron chi connectivity index (χ2n) is 6.58. The van der Waals surface area contributed by atoms with E-state index in [2.05, 4.69) is 90.7 Å². The van der Waals surface area contributed by atoms with E-state index in [1.165, 1.54) is 27.4 Å². The van der Waals surface area contributed by atoms with Gasteiger partial charge in [-0.15, -0.1) is 21.6 Å². The number of pyridine rings is 1. The Balaban J connectivity index is 0.000000376. The van der Waals surface area contributed by atoms with Crippen molar-refractivity contribution in [3.05, 3.63) is 81.8 Å². The standard InChI is InChI=1S/C20H18NS.ClHO4/c1-20(2)17-7-3-4-8-18(17)21-12-11-15(14-19(20)21)9-10-16-6-5-13-22-16;2-1(3,4)5/h3-14H,1-2H3;(H,2,3,4,5)/q+1;/p-1/b10-9+;. The molecule has 7 heteroatoms. The summed E-state index contributed by atoms with van der Waals surface area (Å²) in [6, 6.07) is 17.4. The Hall–Kier alpha value is -2.06. The van der Waals surface area contributed by atoms with Crippen LogP contribution in [-0.2, 0) is 5.41 Å². The smallest absolute Gasteiger partial charge is 0.215 e. The molecule has 0 bridgehead atoms. The molecule has 1 aliphatic rings. The molecule has 0 fully saturated rings. The molecule has 5 nitrogen and oxygen atoms in total. The molecule has 0 aliphatic carbocycles. The molecule has 1 aromatic carbocycles. The van der Waals surface area contributed by atoms with E-state index in [0.717, 1.165) is 0 Å². The fourth-order valence-corrected chi connectivity index (χ4v) is 3.84. The van der Waals surface area contributed by atoms with Crippen molar-refractivity contribution in [1.29, 1.82) is 0 Å². The molecule has 140 valence electrons. The van der Waals surface area contributed by atoms with Crippen molar-refractivity contribution in [3.8, 4) is 5.69 Å². The predicted molar refractivity (Wildman–Crippen MR) is 93.3 cm³/mol. The number of nitrogens with zero attached hydrogens (tertiary/aromatic N) is 1. The lowest BCUT2D eigenvalue weighted by Gasteiger charge is -2.17. The minimum atomic E-state index is -4.94. The van der Waals surface area contributed by atoms with Crippen LogP contribution in [0.25, 0.3) is 17.8 Å². The first kappa shape index (κ1) is 19.7. The molecule has 0 saturated heterocycles. The van der Waals surface area contributed by atoms with Crippen molar-refractivity contribution < 1.29 is 33.4 Å². The fourth-order valence-electron chi connectivity index (χ4n) is 3.23. The Morgan fingerprint density at radius 2 is 1.67 bits per heavy atom. The molecule has 0 atom stereocenters. The van der Waals surface area contributed by atoms with Gasteiger partial charge in [-0.25, -0.2) is 18.6 Å². The first-order valence-corrected chi connectivity index (χ1v) is 10.3. The molecule has 4 rings (SSSR count). The topological polar surface area (TPSA) is 96.1 Å². The summed E-state index contributed by atoms with van der Waals surface area (Å²) in [4.78, 5) is 1.29. The summed E-state index contributed by atoms with van der Waals surface area (Å²) in [5, 5.41) is 2.11. The number of benzene rings is 1. The summed E-state index contributed by atoms with van der Waals surface area (Å²) < 4.78 is 36.3. The fraction of sp³-hybridized carbons (Fsp3) is 0.150. The lowest BCUT2D eigenvalue weighted by molar-refractivity contribution is -2.00. The van der Waals surface area contributed by atoms with Crippen LogP contribution in [0, 0.1) is 10.2 Å². The van der Waals surface area contributed by atoms with Crippen molar-refractivity contribution in [2.75, 3.05) is 0 Å². The van der Waals surface area contributed by atoms with Gasteiger partial charge in [0.1, 0.15) is 0 Å². The van der Waals surface area contributed by atoms with Gasteiger partial charge in [0.25, 0.3) is 0 Å². The Kier molecular flexibility index (Phi) is 5.48. The summed E-state index contributed by atoms with van der Waals surface area (Å²) in [7, 11) is -4.94. The van der Waals surface area contributed by atoms with Crippen molar-refractivity contribution >= 4 is 23.5 Å². The maximum Gasteiger partial charge on any atom is 0.215 e. The Bertz CT molecular complexity index is 956. The molecule has 3 heterocycles. The Morgan fingerprint density at radius 3 is 2.33 bits per heavy atom. The number of aromatic nitrogens is 1. The van der Waals surface area contributed by atoms with Crippen molar-refractivity contribution in [2.24, 2.45) is 0 Å². The van der Waals surface area contributed by atoms with Crippen LogP contribution >= 0.6 is 11.3 Å². The molecule has 27 heavy (non-hydrogen) atoms. The number of para-hydroxylation sites is 1. The van der Waals surface area contributed by atoms with Gasteiger partial charge in [-0.05, 0) is 36.9 Å². The number of fused-ring (bicyclic) bond motifs is 3. The lowest BCUT2D eigenvalue weighted by atomic mass is 9.83. The van der Waals surface area contributed by atoms with Gasteiger partial charge in [0.05, 0.1) is 5.41 Å². The zero-order valence-electron chi connectivity index (χ0n) is 14.8. The summed E-state index contributed by atoms with van der Waals surface area (Å²) in [6.07, 6.45) is 6.58.